The van der Waals surface area contributed by atoms with Crippen LogP contribution in [0.4, 0.5) is 0 Å². The molecule has 0 spiro atoms. The van der Waals surface area contributed by atoms with Gasteiger partial charge in [-0.1, -0.05) is 37.8 Å². The van der Waals surface area contributed by atoms with Gasteiger partial charge in [0.15, 0.2) is 0 Å². The second kappa shape index (κ2) is 6.88. The highest BCUT2D eigenvalue weighted by Crippen LogP contribution is 2.17. The van der Waals surface area contributed by atoms with Crippen molar-refractivity contribution in [2.75, 3.05) is 0 Å². The predicted molar refractivity (Wildman–Crippen MR) is 77.9 cm³/mol. The number of hydrogen-bond donors (Lipinski definition) is 1. The molecule has 1 fully saturated rings. The van der Waals surface area contributed by atoms with E-state index in [2.05, 4.69) is 10.3 Å². The zero-order valence-corrected chi connectivity index (χ0v) is 12.4. The molecule has 1 aromatic rings. The number of halogens is 1. The fourth-order valence-electron chi connectivity index (χ4n) is 2.63. The van der Waals surface area contributed by atoms with Gasteiger partial charge in [0.25, 0.3) is 5.56 Å². The number of nitrogens with one attached hydrogen (secondary N) is 1. The summed E-state index contributed by atoms with van der Waals surface area (Å²) in [5.74, 6) is 0.416. The zero-order valence-electron chi connectivity index (χ0n) is 11.7. The van der Waals surface area contributed by atoms with E-state index in [0.717, 1.165) is 25.7 Å². The average Bonchev–Trinajstić information content (AvgIpc) is 2.42. The summed E-state index contributed by atoms with van der Waals surface area (Å²) in [6.45, 7) is 1.90. The number of amides is 1. The molecule has 0 unspecified atom stereocenters. The summed E-state index contributed by atoms with van der Waals surface area (Å²) in [6.07, 6.45) is 6.18. The minimum Gasteiger partial charge on any atom is -0.352 e. The Morgan fingerprint density at radius 2 is 2.15 bits per heavy atom. The lowest BCUT2D eigenvalue weighted by atomic mass is 9.95. The molecule has 1 saturated carbocycles. The first-order valence-electron chi connectivity index (χ1n) is 7.15. The summed E-state index contributed by atoms with van der Waals surface area (Å²) in [5.41, 5.74) is -0.277. The molecular weight excluding hydrogens is 278 g/mol. The molecule has 0 bridgehead atoms. The Morgan fingerprint density at radius 1 is 1.45 bits per heavy atom. The van der Waals surface area contributed by atoms with Gasteiger partial charge in [0.05, 0.1) is 0 Å². The molecule has 0 aliphatic heterocycles. The SMILES string of the molecule is CCc1nc(Cl)cc(=O)n1CC(=O)NC1CCCCC1. The Morgan fingerprint density at radius 3 is 2.80 bits per heavy atom. The molecule has 1 aliphatic rings. The molecule has 6 heteroatoms. The van der Waals surface area contributed by atoms with Gasteiger partial charge in [-0.15, -0.1) is 0 Å². The molecular formula is C14H20ClN3O2. The van der Waals surface area contributed by atoms with E-state index < -0.39 is 0 Å². The van der Waals surface area contributed by atoms with Crippen LogP contribution in [0.1, 0.15) is 44.9 Å². The summed E-state index contributed by atoms with van der Waals surface area (Å²) in [6, 6.07) is 1.49. The highest BCUT2D eigenvalue weighted by molar-refractivity contribution is 6.29. The highest BCUT2D eigenvalue weighted by Gasteiger charge is 2.17. The van der Waals surface area contributed by atoms with Crippen LogP contribution in [0.3, 0.4) is 0 Å². The second-order valence-corrected chi connectivity index (χ2v) is 5.56. The maximum absolute atomic E-state index is 12.1. The summed E-state index contributed by atoms with van der Waals surface area (Å²) < 4.78 is 1.39. The first kappa shape index (κ1) is 15.0. The summed E-state index contributed by atoms with van der Waals surface area (Å²) in [4.78, 5) is 28.1. The number of aryl methyl sites for hydroxylation is 1. The predicted octanol–water partition coefficient (Wildman–Crippen LogP) is 1.91. The molecule has 0 radical (unpaired) electrons. The number of rotatable bonds is 4. The van der Waals surface area contributed by atoms with E-state index in [1.807, 2.05) is 6.92 Å². The fraction of sp³-hybridized carbons (Fsp3) is 0.643. The van der Waals surface area contributed by atoms with Crippen molar-refractivity contribution < 1.29 is 4.79 Å². The van der Waals surface area contributed by atoms with E-state index in [4.69, 9.17) is 11.6 Å². The van der Waals surface area contributed by atoms with Crippen molar-refractivity contribution in [2.24, 2.45) is 0 Å². The Kier molecular flexibility index (Phi) is 5.17. The van der Waals surface area contributed by atoms with Crippen LogP contribution in [-0.2, 0) is 17.8 Å². The van der Waals surface area contributed by atoms with Crippen LogP contribution in [0.15, 0.2) is 10.9 Å². The van der Waals surface area contributed by atoms with Crippen LogP contribution in [0, 0.1) is 0 Å². The van der Waals surface area contributed by atoms with Gasteiger partial charge in [-0.2, -0.15) is 0 Å². The molecule has 0 atom stereocenters. The van der Waals surface area contributed by atoms with E-state index in [9.17, 15) is 9.59 Å². The summed E-state index contributed by atoms with van der Waals surface area (Å²) >= 11 is 5.77. The molecule has 1 aliphatic carbocycles. The third-order valence-electron chi connectivity index (χ3n) is 3.64. The molecule has 1 amide bonds. The monoisotopic (exact) mass is 297 g/mol. The van der Waals surface area contributed by atoms with E-state index in [1.165, 1.54) is 17.1 Å². The maximum atomic E-state index is 12.1. The van der Waals surface area contributed by atoms with Crippen LogP contribution in [0.2, 0.25) is 5.15 Å². The lowest BCUT2D eigenvalue weighted by molar-refractivity contribution is -0.122. The van der Waals surface area contributed by atoms with Crippen molar-refractivity contribution in [3.63, 3.8) is 0 Å². The lowest BCUT2D eigenvalue weighted by Crippen LogP contribution is -2.40. The number of hydrogen-bond acceptors (Lipinski definition) is 3. The smallest absolute Gasteiger partial charge is 0.255 e. The normalized spacial score (nSPS) is 16.1. The first-order chi connectivity index (χ1) is 9.60. The van der Waals surface area contributed by atoms with Crippen LogP contribution in [0.25, 0.3) is 0 Å². The molecule has 2 rings (SSSR count). The fourth-order valence-corrected chi connectivity index (χ4v) is 2.82. The van der Waals surface area contributed by atoms with Crippen molar-refractivity contribution in [3.8, 4) is 0 Å². The standard InChI is InChI=1S/C14H20ClN3O2/c1-2-12-17-11(15)8-14(20)18(12)9-13(19)16-10-6-4-3-5-7-10/h8,10H,2-7,9H2,1H3,(H,16,19). The van der Waals surface area contributed by atoms with Gasteiger partial charge >= 0.3 is 0 Å². The average molecular weight is 298 g/mol. The Labute approximate surface area is 123 Å². The molecule has 0 saturated heterocycles. The maximum Gasteiger partial charge on any atom is 0.255 e. The van der Waals surface area contributed by atoms with E-state index >= 15 is 0 Å². The molecule has 1 heterocycles. The zero-order chi connectivity index (χ0) is 14.5. The molecule has 20 heavy (non-hydrogen) atoms. The van der Waals surface area contributed by atoms with Crippen molar-refractivity contribution in [2.45, 2.75) is 58.0 Å². The number of carbonyl (C=O) groups excluding carboxylic acids is 1. The lowest BCUT2D eigenvalue weighted by Gasteiger charge is -2.23. The van der Waals surface area contributed by atoms with Gasteiger partial charge in [-0.05, 0) is 12.8 Å². The van der Waals surface area contributed by atoms with Crippen molar-refractivity contribution in [1.29, 1.82) is 0 Å². The van der Waals surface area contributed by atoms with Crippen molar-refractivity contribution >= 4 is 17.5 Å². The van der Waals surface area contributed by atoms with Crippen LogP contribution in [0.5, 0.6) is 0 Å². The van der Waals surface area contributed by atoms with Crippen molar-refractivity contribution in [1.82, 2.24) is 14.9 Å². The third kappa shape index (κ3) is 3.82. The van der Waals surface area contributed by atoms with Crippen LogP contribution in [-0.4, -0.2) is 21.5 Å². The van der Waals surface area contributed by atoms with Crippen molar-refractivity contribution in [3.05, 3.63) is 27.4 Å². The topological polar surface area (TPSA) is 64.0 Å². The van der Waals surface area contributed by atoms with E-state index in [1.54, 1.807) is 0 Å². The summed E-state index contributed by atoms with van der Waals surface area (Å²) in [7, 11) is 0. The van der Waals surface area contributed by atoms with Gasteiger partial charge < -0.3 is 5.32 Å². The van der Waals surface area contributed by atoms with Gasteiger partial charge in [0.1, 0.15) is 17.5 Å². The van der Waals surface area contributed by atoms with Gasteiger partial charge in [-0.25, -0.2) is 4.98 Å². The molecule has 110 valence electrons. The first-order valence-corrected chi connectivity index (χ1v) is 7.53. The Hall–Kier alpha value is -1.36. The van der Waals surface area contributed by atoms with Crippen LogP contribution < -0.4 is 10.9 Å². The summed E-state index contributed by atoms with van der Waals surface area (Å²) in [5, 5.41) is 3.18. The quantitative estimate of drug-likeness (QED) is 0.864. The van der Waals surface area contributed by atoms with Gasteiger partial charge in [0.2, 0.25) is 5.91 Å². The molecule has 1 N–H and O–H groups in total. The number of nitrogens with zero attached hydrogens (tertiary/aromatic N) is 2. The van der Waals surface area contributed by atoms with E-state index in [-0.39, 0.29) is 29.2 Å². The molecule has 5 nitrogen and oxygen atoms in total. The largest absolute Gasteiger partial charge is 0.352 e. The van der Waals surface area contributed by atoms with Gasteiger partial charge in [-0.3, -0.25) is 14.2 Å². The Bertz CT molecular complexity index is 536. The minimum atomic E-state index is -0.277. The third-order valence-corrected chi connectivity index (χ3v) is 3.84. The number of carbonyl (C=O) groups is 1. The highest BCUT2D eigenvalue weighted by atomic mass is 35.5. The second-order valence-electron chi connectivity index (χ2n) is 5.18. The van der Waals surface area contributed by atoms with Crippen LogP contribution >= 0.6 is 11.6 Å². The van der Waals surface area contributed by atoms with E-state index in [0.29, 0.717) is 12.2 Å². The minimum absolute atomic E-state index is 0.0165. The van der Waals surface area contributed by atoms with Gasteiger partial charge in [0, 0.05) is 18.5 Å². The number of aromatic nitrogens is 2. The molecule has 1 aromatic heterocycles. The molecule has 0 aromatic carbocycles. The Balaban J connectivity index is 2.05.